The van der Waals surface area contributed by atoms with E-state index in [1.54, 1.807) is 0 Å². The van der Waals surface area contributed by atoms with Gasteiger partial charge in [-0.25, -0.2) is 0 Å². The summed E-state index contributed by atoms with van der Waals surface area (Å²) in [4.78, 5) is 0. The third kappa shape index (κ3) is 4.89. The van der Waals surface area contributed by atoms with Crippen LogP contribution in [0.1, 0.15) is 66.2 Å². The first kappa shape index (κ1) is 16.0. The summed E-state index contributed by atoms with van der Waals surface area (Å²) in [7, 11) is 0. The van der Waals surface area contributed by atoms with E-state index < -0.39 is 0 Å². The van der Waals surface area contributed by atoms with Gasteiger partial charge in [-0.05, 0) is 43.9 Å². The molecule has 0 spiro atoms. The van der Waals surface area contributed by atoms with Gasteiger partial charge in [0.05, 0.1) is 6.10 Å². The van der Waals surface area contributed by atoms with Gasteiger partial charge in [0.2, 0.25) is 0 Å². The SMILES string of the molecule is CCOC(C1CCCCC1)C(N)C(C)CC(C)C. The lowest BCUT2D eigenvalue weighted by Gasteiger charge is -2.37. The molecule has 18 heavy (non-hydrogen) atoms. The van der Waals surface area contributed by atoms with Gasteiger partial charge in [-0.2, -0.15) is 0 Å². The Morgan fingerprint density at radius 2 is 1.72 bits per heavy atom. The third-order valence-electron chi connectivity index (χ3n) is 4.35. The van der Waals surface area contributed by atoms with Crippen molar-refractivity contribution in [1.82, 2.24) is 0 Å². The standard InChI is InChI=1S/C16H33NO/c1-5-18-16(14-9-7-6-8-10-14)15(17)13(4)11-12(2)3/h12-16H,5-11,17H2,1-4H3. The Morgan fingerprint density at radius 3 is 2.22 bits per heavy atom. The molecule has 108 valence electrons. The maximum absolute atomic E-state index is 6.50. The Kier molecular flexibility index (Phi) is 7.25. The summed E-state index contributed by atoms with van der Waals surface area (Å²) in [5, 5.41) is 0. The molecule has 0 heterocycles. The second-order valence-electron chi connectivity index (χ2n) is 6.50. The highest BCUT2D eigenvalue weighted by Gasteiger charge is 2.32. The van der Waals surface area contributed by atoms with Crippen LogP contribution in [-0.2, 0) is 4.74 Å². The van der Waals surface area contributed by atoms with Crippen LogP contribution in [0.25, 0.3) is 0 Å². The highest BCUT2D eigenvalue weighted by atomic mass is 16.5. The molecule has 0 amide bonds. The van der Waals surface area contributed by atoms with E-state index in [2.05, 4.69) is 27.7 Å². The quantitative estimate of drug-likeness (QED) is 0.747. The van der Waals surface area contributed by atoms with Crippen LogP contribution in [-0.4, -0.2) is 18.8 Å². The smallest absolute Gasteiger partial charge is 0.0756 e. The molecule has 1 fully saturated rings. The number of ether oxygens (including phenoxy) is 1. The molecular formula is C16H33NO. The molecular weight excluding hydrogens is 222 g/mol. The Balaban J connectivity index is 2.58. The summed E-state index contributed by atoms with van der Waals surface area (Å²) < 4.78 is 6.02. The van der Waals surface area contributed by atoms with Crippen LogP contribution in [0, 0.1) is 17.8 Å². The Morgan fingerprint density at radius 1 is 1.11 bits per heavy atom. The maximum Gasteiger partial charge on any atom is 0.0756 e. The summed E-state index contributed by atoms with van der Waals surface area (Å²) >= 11 is 0. The van der Waals surface area contributed by atoms with Crippen LogP contribution < -0.4 is 5.73 Å². The molecule has 2 heteroatoms. The summed E-state index contributed by atoms with van der Waals surface area (Å²) in [6.45, 7) is 9.73. The van der Waals surface area contributed by atoms with Gasteiger partial charge < -0.3 is 10.5 Å². The van der Waals surface area contributed by atoms with Gasteiger partial charge in [0.15, 0.2) is 0 Å². The van der Waals surface area contributed by atoms with Gasteiger partial charge in [0, 0.05) is 12.6 Å². The van der Waals surface area contributed by atoms with Crippen molar-refractivity contribution in [2.24, 2.45) is 23.5 Å². The van der Waals surface area contributed by atoms with Crippen molar-refractivity contribution in [2.45, 2.75) is 78.4 Å². The second-order valence-corrected chi connectivity index (χ2v) is 6.50. The lowest BCUT2D eigenvalue weighted by Crippen LogP contribution is -2.47. The van der Waals surface area contributed by atoms with Crippen LogP contribution in [0.3, 0.4) is 0 Å². The predicted octanol–water partition coefficient (Wildman–Crippen LogP) is 3.98. The fraction of sp³-hybridized carbons (Fsp3) is 1.00. The van der Waals surface area contributed by atoms with Crippen molar-refractivity contribution in [2.75, 3.05) is 6.61 Å². The zero-order chi connectivity index (χ0) is 13.5. The Hall–Kier alpha value is -0.0800. The van der Waals surface area contributed by atoms with E-state index in [4.69, 9.17) is 10.5 Å². The van der Waals surface area contributed by atoms with E-state index >= 15 is 0 Å². The van der Waals surface area contributed by atoms with Gasteiger partial charge in [0.25, 0.3) is 0 Å². The minimum absolute atomic E-state index is 0.204. The molecule has 0 saturated heterocycles. The Labute approximate surface area is 114 Å². The van der Waals surface area contributed by atoms with Crippen molar-refractivity contribution in [3.8, 4) is 0 Å². The lowest BCUT2D eigenvalue weighted by molar-refractivity contribution is -0.0217. The van der Waals surface area contributed by atoms with E-state index in [-0.39, 0.29) is 12.1 Å². The predicted molar refractivity (Wildman–Crippen MR) is 78.6 cm³/mol. The van der Waals surface area contributed by atoms with Crippen LogP contribution in [0.2, 0.25) is 0 Å². The summed E-state index contributed by atoms with van der Waals surface area (Å²) in [6.07, 6.45) is 8.23. The average molecular weight is 255 g/mol. The lowest BCUT2D eigenvalue weighted by atomic mass is 9.78. The van der Waals surface area contributed by atoms with Gasteiger partial charge in [-0.1, -0.05) is 40.0 Å². The minimum atomic E-state index is 0.204. The molecule has 0 aromatic carbocycles. The normalized spacial score (nSPS) is 23.0. The van der Waals surface area contributed by atoms with E-state index in [0.29, 0.717) is 11.8 Å². The molecule has 1 rings (SSSR count). The number of nitrogens with two attached hydrogens (primary N) is 1. The second kappa shape index (κ2) is 8.16. The van der Waals surface area contributed by atoms with E-state index in [1.807, 2.05) is 0 Å². The average Bonchev–Trinajstić information content (AvgIpc) is 2.35. The van der Waals surface area contributed by atoms with Gasteiger partial charge in [0.1, 0.15) is 0 Å². The fourth-order valence-corrected chi connectivity index (χ4v) is 3.44. The highest BCUT2D eigenvalue weighted by molar-refractivity contribution is 4.86. The van der Waals surface area contributed by atoms with Crippen LogP contribution in [0.5, 0.6) is 0 Å². The largest absolute Gasteiger partial charge is 0.377 e. The monoisotopic (exact) mass is 255 g/mol. The number of hydrogen-bond donors (Lipinski definition) is 1. The van der Waals surface area contributed by atoms with Crippen LogP contribution >= 0.6 is 0 Å². The molecule has 1 saturated carbocycles. The molecule has 0 bridgehead atoms. The van der Waals surface area contributed by atoms with Crippen LogP contribution in [0.15, 0.2) is 0 Å². The molecule has 0 aliphatic heterocycles. The van der Waals surface area contributed by atoms with Crippen molar-refractivity contribution >= 4 is 0 Å². The van der Waals surface area contributed by atoms with Crippen molar-refractivity contribution in [3.63, 3.8) is 0 Å². The summed E-state index contributed by atoms with van der Waals surface area (Å²) in [6, 6.07) is 0.204. The minimum Gasteiger partial charge on any atom is -0.377 e. The fourth-order valence-electron chi connectivity index (χ4n) is 3.44. The van der Waals surface area contributed by atoms with Crippen molar-refractivity contribution < 1.29 is 4.74 Å². The van der Waals surface area contributed by atoms with E-state index in [1.165, 1.54) is 38.5 Å². The first-order valence-electron chi connectivity index (χ1n) is 7.93. The topological polar surface area (TPSA) is 35.2 Å². The number of rotatable bonds is 7. The number of hydrogen-bond acceptors (Lipinski definition) is 2. The molecule has 3 atom stereocenters. The molecule has 2 nitrogen and oxygen atoms in total. The highest BCUT2D eigenvalue weighted by Crippen LogP contribution is 2.31. The molecule has 2 N–H and O–H groups in total. The zero-order valence-corrected chi connectivity index (χ0v) is 12.8. The zero-order valence-electron chi connectivity index (χ0n) is 12.8. The molecule has 0 radical (unpaired) electrons. The van der Waals surface area contributed by atoms with Crippen molar-refractivity contribution in [3.05, 3.63) is 0 Å². The molecule has 1 aliphatic rings. The molecule has 0 aromatic heterocycles. The Bertz CT molecular complexity index is 211. The summed E-state index contributed by atoms with van der Waals surface area (Å²) in [5.74, 6) is 1.98. The van der Waals surface area contributed by atoms with E-state index in [9.17, 15) is 0 Å². The van der Waals surface area contributed by atoms with Gasteiger partial charge in [-0.15, -0.1) is 0 Å². The third-order valence-corrected chi connectivity index (χ3v) is 4.35. The van der Waals surface area contributed by atoms with Crippen LogP contribution in [0.4, 0.5) is 0 Å². The van der Waals surface area contributed by atoms with E-state index in [0.717, 1.165) is 12.5 Å². The first-order valence-corrected chi connectivity index (χ1v) is 7.93. The van der Waals surface area contributed by atoms with Crippen molar-refractivity contribution in [1.29, 1.82) is 0 Å². The molecule has 3 unspecified atom stereocenters. The maximum atomic E-state index is 6.50. The molecule has 0 aromatic rings. The molecule has 1 aliphatic carbocycles. The summed E-state index contributed by atoms with van der Waals surface area (Å²) in [5.41, 5.74) is 6.50. The van der Waals surface area contributed by atoms with Gasteiger partial charge in [-0.3, -0.25) is 0 Å². The van der Waals surface area contributed by atoms with Gasteiger partial charge >= 0.3 is 0 Å². The first-order chi connectivity index (χ1) is 8.56.